The van der Waals surface area contributed by atoms with Crippen LogP contribution >= 0.6 is 0 Å². The Hall–Kier alpha value is -1.94. The minimum Gasteiger partial charge on any atom is -0.371 e. The van der Waals surface area contributed by atoms with Gasteiger partial charge in [0.15, 0.2) is 0 Å². The first-order valence-electron chi connectivity index (χ1n) is 6.53. The SMILES string of the molecule is O=C(COCC1CC1)Nc1ccc2ncccc2c1. The van der Waals surface area contributed by atoms with Gasteiger partial charge in [-0.2, -0.15) is 0 Å². The fourth-order valence-corrected chi connectivity index (χ4v) is 1.95. The van der Waals surface area contributed by atoms with Crippen molar-refractivity contribution in [3.8, 4) is 0 Å². The predicted molar refractivity (Wildman–Crippen MR) is 73.9 cm³/mol. The molecule has 19 heavy (non-hydrogen) atoms. The van der Waals surface area contributed by atoms with Gasteiger partial charge in [-0.3, -0.25) is 9.78 Å². The number of ether oxygens (including phenoxy) is 1. The molecular weight excluding hydrogens is 240 g/mol. The molecule has 3 rings (SSSR count). The van der Waals surface area contributed by atoms with Crippen LogP contribution in [0.1, 0.15) is 12.8 Å². The van der Waals surface area contributed by atoms with Crippen molar-refractivity contribution in [1.82, 2.24) is 4.98 Å². The van der Waals surface area contributed by atoms with Crippen LogP contribution in [0.2, 0.25) is 0 Å². The van der Waals surface area contributed by atoms with Gasteiger partial charge in [0.25, 0.3) is 0 Å². The van der Waals surface area contributed by atoms with Crippen molar-refractivity contribution in [3.05, 3.63) is 36.5 Å². The highest BCUT2D eigenvalue weighted by Crippen LogP contribution is 2.28. The molecule has 0 atom stereocenters. The van der Waals surface area contributed by atoms with Gasteiger partial charge in [-0.25, -0.2) is 0 Å². The maximum absolute atomic E-state index is 11.7. The Kier molecular flexibility index (Phi) is 3.42. The largest absolute Gasteiger partial charge is 0.371 e. The standard InChI is InChI=1S/C15H16N2O2/c18-15(10-19-9-11-3-4-11)17-13-5-6-14-12(8-13)2-1-7-16-14/h1-2,5-8,11H,3-4,9-10H2,(H,17,18). The molecule has 4 nitrogen and oxygen atoms in total. The number of nitrogens with zero attached hydrogens (tertiary/aromatic N) is 1. The Balaban J connectivity index is 1.58. The topological polar surface area (TPSA) is 51.2 Å². The van der Waals surface area contributed by atoms with Crippen molar-refractivity contribution >= 4 is 22.5 Å². The van der Waals surface area contributed by atoms with Crippen molar-refractivity contribution < 1.29 is 9.53 Å². The summed E-state index contributed by atoms with van der Waals surface area (Å²) < 4.78 is 5.35. The van der Waals surface area contributed by atoms with E-state index in [9.17, 15) is 4.79 Å². The molecular formula is C15H16N2O2. The van der Waals surface area contributed by atoms with Gasteiger partial charge in [0.05, 0.1) is 12.1 Å². The molecule has 1 fully saturated rings. The van der Waals surface area contributed by atoms with Crippen LogP contribution < -0.4 is 5.32 Å². The fraction of sp³-hybridized carbons (Fsp3) is 0.333. The number of rotatable bonds is 5. The molecule has 0 bridgehead atoms. The van der Waals surface area contributed by atoms with Crippen molar-refractivity contribution in [3.63, 3.8) is 0 Å². The zero-order chi connectivity index (χ0) is 13.1. The van der Waals surface area contributed by atoms with Gasteiger partial charge in [-0.05, 0) is 43.0 Å². The lowest BCUT2D eigenvalue weighted by Gasteiger charge is -2.06. The van der Waals surface area contributed by atoms with Crippen LogP contribution in [0.3, 0.4) is 0 Å². The molecule has 0 saturated heterocycles. The van der Waals surface area contributed by atoms with Crippen LogP contribution in [0.25, 0.3) is 10.9 Å². The van der Waals surface area contributed by atoms with Crippen LogP contribution in [0, 0.1) is 5.92 Å². The summed E-state index contributed by atoms with van der Waals surface area (Å²) in [4.78, 5) is 15.9. The van der Waals surface area contributed by atoms with Crippen LogP contribution in [-0.2, 0) is 9.53 Å². The zero-order valence-electron chi connectivity index (χ0n) is 10.6. The summed E-state index contributed by atoms with van der Waals surface area (Å²) in [5, 5.41) is 3.85. The Bertz CT molecular complexity index is 593. The number of carbonyl (C=O) groups excluding carboxylic acids is 1. The number of pyridine rings is 1. The maximum atomic E-state index is 11.7. The summed E-state index contributed by atoms with van der Waals surface area (Å²) in [7, 11) is 0. The molecule has 2 aromatic rings. The summed E-state index contributed by atoms with van der Waals surface area (Å²) in [5.41, 5.74) is 1.70. The quantitative estimate of drug-likeness (QED) is 0.894. The van der Waals surface area contributed by atoms with Crippen LogP contribution in [0.15, 0.2) is 36.5 Å². The van der Waals surface area contributed by atoms with Crippen molar-refractivity contribution in [1.29, 1.82) is 0 Å². The van der Waals surface area contributed by atoms with Crippen molar-refractivity contribution in [2.75, 3.05) is 18.5 Å². The second kappa shape index (κ2) is 5.36. The van der Waals surface area contributed by atoms with E-state index >= 15 is 0 Å². The van der Waals surface area contributed by atoms with Gasteiger partial charge in [0, 0.05) is 17.3 Å². The molecule has 1 heterocycles. The zero-order valence-corrected chi connectivity index (χ0v) is 10.6. The first-order chi connectivity index (χ1) is 9.31. The summed E-state index contributed by atoms with van der Waals surface area (Å²) in [5.74, 6) is 0.573. The number of aromatic nitrogens is 1. The molecule has 0 radical (unpaired) electrons. The monoisotopic (exact) mass is 256 g/mol. The molecule has 1 aliphatic carbocycles. The molecule has 0 spiro atoms. The van der Waals surface area contributed by atoms with E-state index in [1.807, 2.05) is 30.3 Å². The molecule has 1 N–H and O–H groups in total. The van der Waals surface area contributed by atoms with Crippen LogP contribution in [0.5, 0.6) is 0 Å². The molecule has 1 aromatic heterocycles. The minimum absolute atomic E-state index is 0.108. The van der Waals surface area contributed by atoms with Gasteiger partial charge >= 0.3 is 0 Å². The number of anilines is 1. The van der Waals surface area contributed by atoms with Crippen LogP contribution in [0.4, 0.5) is 5.69 Å². The number of fused-ring (bicyclic) bond motifs is 1. The third-order valence-corrected chi connectivity index (χ3v) is 3.17. The van der Waals surface area contributed by atoms with Gasteiger partial charge in [0.2, 0.25) is 5.91 Å². The molecule has 1 aliphatic rings. The smallest absolute Gasteiger partial charge is 0.250 e. The Morgan fingerprint density at radius 1 is 1.37 bits per heavy atom. The lowest BCUT2D eigenvalue weighted by Crippen LogP contribution is -2.18. The number of hydrogen-bond acceptors (Lipinski definition) is 3. The van der Waals surface area contributed by atoms with E-state index in [0.29, 0.717) is 12.5 Å². The fourth-order valence-electron chi connectivity index (χ4n) is 1.95. The molecule has 98 valence electrons. The predicted octanol–water partition coefficient (Wildman–Crippen LogP) is 2.60. The van der Waals surface area contributed by atoms with Crippen molar-refractivity contribution in [2.24, 2.45) is 5.92 Å². The van der Waals surface area contributed by atoms with Gasteiger partial charge < -0.3 is 10.1 Å². The third kappa shape index (κ3) is 3.29. The van der Waals surface area contributed by atoms with E-state index in [1.165, 1.54) is 12.8 Å². The molecule has 1 aromatic carbocycles. The Labute approximate surface area is 111 Å². The van der Waals surface area contributed by atoms with Crippen LogP contribution in [-0.4, -0.2) is 24.1 Å². The highest BCUT2D eigenvalue weighted by Gasteiger charge is 2.21. The van der Waals surface area contributed by atoms with Crippen molar-refractivity contribution in [2.45, 2.75) is 12.8 Å². The molecule has 4 heteroatoms. The average molecular weight is 256 g/mol. The minimum atomic E-state index is -0.108. The maximum Gasteiger partial charge on any atom is 0.250 e. The second-order valence-corrected chi connectivity index (χ2v) is 4.92. The molecule has 1 saturated carbocycles. The molecule has 1 amide bonds. The Morgan fingerprint density at radius 3 is 3.11 bits per heavy atom. The Morgan fingerprint density at radius 2 is 2.26 bits per heavy atom. The highest BCUT2D eigenvalue weighted by atomic mass is 16.5. The van der Waals surface area contributed by atoms with E-state index in [0.717, 1.165) is 16.6 Å². The van der Waals surface area contributed by atoms with E-state index < -0.39 is 0 Å². The summed E-state index contributed by atoms with van der Waals surface area (Å²) in [6, 6.07) is 9.53. The highest BCUT2D eigenvalue weighted by molar-refractivity contribution is 5.94. The number of carbonyl (C=O) groups is 1. The van der Waals surface area contributed by atoms with Gasteiger partial charge in [-0.15, -0.1) is 0 Å². The average Bonchev–Trinajstić information content (AvgIpc) is 3.23. The number of hydrogen-bond donors (Lipinski definition) is 1. The van der Waals surface area contributed by atoms with Gasteiger partial charge in [-0.1, -0.05) is 6.07 Å². The van der Waals surface area contributed by atoms with Gasteiger partial charge in [0.1, 0.15) is 6.61 Å². The third-order valence-electron chi connectivity index (χ3n) is 3.17. The second-order valence-electron chi connectivity index (χ2n) is 4.92. The summed E-state index contributed by atoms with van der Waals surface area (Å²) in [6.45, 7) is 0.830. The molecule has 0 aliphatic heterocycles. The lowest BCUT2D eigenvalue weighted by atomic mass is 10.2. The lowest BCUT2D eigenvalue weighted by molar-refractivity contribution is -0.120. The van der Waals surface area contributed by atoms with E-state index in [2.05, 4.69) is 10.3 Å². The number of benzene rings is 1. The molecule has 0 unspecified atom stereocenters. The van der Waals surface area contributed by atoms with E-state index in [4.69, 9.17) is 4.74 Å². The normalized spacial score (nSPS) is 14.5. The number of nitrogens with one attached hydrogen (secondary N) is 1. The first-order valence-corrected chi connectivity index (χ1v) is 6.53. The number of amides is 1. The van der Waals surface area contributed by atoms with E-state index in [-0.39, 0.29) is 12.5 Å². The van der Waals surface area contributed by atoms with E-state index in [1.54, 1.807) is 6.20 Å². The summed E-state index contributed by atoms with van der Waals surface area (Å²) >= 11 is 0. The first kappa shape index (κ1) is 12.1. The summed E-state index contributed by atoms with van der Waals surface area (Å²) in [6.07, 6.45) is 4.23.